The van der Waals surface area contributed by atoms with Crippen molar-refractivity contribution in [3.05, 3.63) is 48.6 Å². The van der Waals surface area contributed by atoms with Crippen molar-refractivity contribution in [3.63, 3.8) is 0 Å². The molecule has 0 spiro atoms. The number of allylic oxidation sites excluding steroid dienone is 8. The van der Waals surface area contributed by atoms with Gasteiger partial charge in [0.2, 0.25) is 0 Å². The highest BCUT2D eigenvalue weighted by molar-refractivity contribution is 5.07. The molecule has 0 saturated carbocycles. The number of hydrogen-bond acceptors (Lipinski definition) is 0. The molecule has 0 aliphatic heterocycles. The average molecular weight is 187 g/mol. The van der Waals surface area contributed by atoms with Gasteiger partial charge in [0.15, 0.2) is 0 Å². The summed E-state index contributed by atoms with van der Waals surface area (Å²) in [7, 11) is 0. The molecule has 0 heteroatoms. The molecule has 0 nitrogen and oxygen atoms in total. The first-order valence-corrected chi connectivity index (χ1v) is 5.54. The highest BCUT2D eigenvalue weighted by Crippen LogP contribution is 2.05. The normalized spacial score (nSPS) is 19.4. The maximum absolute atomic E-state index is 3.11. The molecule has 14 heavy (non-hydrogen) atoms. The Kier molecular flexibility index (Phi) is 6.74. The molecule has 1 aliphatic rings. The topological polar surface area (TPSA) is 0 Å². The van der Waals surface area contributed by atoms with Gasteiger partial charge in [-0.15, -0.1) is 0 Å². The van der Waals surface area contributed by atoms with Crippen LogP contribution in [0.4, 0.5) is 0 Å². The van der Waals surface area contributed by atoms with E-state index in [1.54, 1.807) is 0 Å². The van der Waals surface area contributed by atoms with Crippen molar-refractivity contribution >= 4 is 0 Å². The fraction of sp³-hybridized carbons (Fsp3) is 0.429. The predicted molar refractivity (Wildman–Crippen MR) is 62.9 cm³/mol. The second-order valence-corrected chi connectivity index (χ2v) is 3.51. The van der Waals surface area contributed by atoms with E-state index >= 15 is 0 Å². The number of hydrogen-bond donors (Lipinski definition) is 0. The lowest BCUT2D eigenvalue weighted by Gasteiger charge is -1.94. The van der Waals surface area contributed by atoms with E-state index in [2.05, 4.69) is 36.5 Å². The van der Waals surface area contributed by atoms with Gasteiger partial charge in [0, 0.05) is 0 Å². The zero-order valence-electron chi connectivity index (χ0n) is 8.78. The Balaban J connectivity index is 2.36. The van der Waals surface area contributed by atoms with E-state index in [-0.39, 0.29) is 0 Å². The molecule has 0 aromatic carbocycles. The lowest BCUT2D eigenvalue weighted by atomic mass is 10.1. The van der Waals surface area contributed by atoms with Gasteiger partial charge in [0.25, 0.3) is 0 Å². The Labute approximate surface area is 87.7 Å². The van der Waals surface area contributed by atoms with Crippen molar-refractivity contribution in [1.82, 2.24) is 0 Å². The smallest absolute Gasteiger partial charge is 0.0166 e. The minimum Gasteiger partial charge on any atom is -0.0882 e. The summed E-state index contributed by atoms with van der Waals surface area (Å²) >= 11 is 0. The fourth-order valence-electron chi connectivity index (χ4n) is 1.41. The minimum atomic E-state index is 1.03. The standard InChI is InChI=1S/C14H19/c1-2-4-6-8-10-12-14-13-11-9-7-5-3-1/h1-3,7,9,13-14H,4,6,8,10-12H2. The quantitative estimate of drug-likeness (QED) is 0.494. The first-order valence-electron chi connectivity index (χ1n) is 5.54. The molecule has 0 unspecified atom stereocenters. The third-order valence-corrected chi connectivity index (χ3v) is 2.22. The van der Waals surface area contributed by atoms with Gasteiger partial charge in [-0.3, -0.25) is 0 Å². The molecule has 0 saturated heterocycles. The third-order valence-electron chi connectivity index (χ3n) is 2.22. The molecule has 0 aromatic rings. The van der Waals surface area contributed by atoms with Crippen molar-refractivity contribution < 1.29 is 0 Å². The van der Waals surface area contributed by atoms with Gasteiger partial charge >= 0.3 is 0 Å². The highest BCUT2D eigenvalue weighted by atomic mass is 13.9. The van der Waals surface area contributed by atoms with Crippen LogP contribution in [0.25, 0.3) is 0 Å². The second-order valence-electron chi connectivity index (χ2n) is 3.51. The monoisotopic (exact) mass is 187 g/mol. The molecule has 0 bridgehead atoms. The summed E-state index contributed by atoms with van der Waals surface area (Å²) in [4.78, 5) is 0. The van der Waals surface area contributed by atoms with Crippen LogP contribution in [0.1, 0.15) is 38.5 Å². The van der Waals surface area contributed by atoms with Crippen LogP contribution < -0.4 is 0 Å². The van der Waals surface area contributed by atoms with E-state index in [0.29, 0.717) is 0 Å². The lowest BCUT2D eigenvalue weighted by Crippen LogP contribution is -1.75. The van der Waals surface area contributed by atoms with Gasteiger partial charge < -0.3 is 0 Å². The van der Waals surface area contributed by atoms with Crippen molar-refractivity contribution in [1.29, 1.82) is 0 Å². The molecule has 0 fully saturated rings. The van der Waals surface area contributed by atoms with E-state index in [9.17, 15) is 0 Å². The Bertz CT molecular complexity index is 228. The first kappa shape index (κ1) is 11.0. The predicted octanol–water partition coefficient (Wildman–Crippen LogP) is 4.37. The SMILES string of the molecule is [C]1=CC=CCCCCCC=CCC=C1. The van der Waals surface area contributed by atoms with Crippen LogP contribution in [0, 0.1) is 6.08 Å². The van der Waals surface area contributed by atoms with Crippen molar-refractivity contribution in [2.75, 3.05) is 0 Å². The van der Waals surface area contributed by atoms with Crippen LogP contribution in [0.2, 0.25) is 0 Å². The van der Waals surface area contributed by atoms with Gasteiger partial charge in [-0.25, -0.2) is 0 Å². The highest BCUT2D eigenvalue weighted by Gasteiger charge is 1.85. The summed E-state index contributed by atoms with van der Waals surface area (Å²) in [5.74, 6) is 0. The summed E-state index contributed by atoms with van der Waals surface area (Å²) in [6.45, 7) is 0. The Morgan fingerprint density at radius 1 is 0.786 bits per heavy atom. The second kappa shape index (κ2) is 8.55. The molecule has 0 N–H and O–H groups in total. The summed E-state index contributed by atoms with van der Waals surface area (Å²) < 4.78 is 0. The molecule has 75 valence electrons. The van der Waals surface area contributed by atoms with Crippen LogP contribution in [-0.4, -0.2) is 0 Å². The van der Waals surface area contributed by atoms with Crippen molar-refractivity contribution in [3.8, 4) is 0 Å². The van der Waals surface area contributed by atoms with Gasteiger partial charge in [-0.05, 0) is 38.2 Å². The van der Waals surface area contributed by atoms with E-state index in [0.717, 1.165) is 6.42 Å². The summed E-state index contributed by atoms with van der Waals surface area (Å²) in [6.07, 6.45) is 25.5. The molecule has 0 heterocycles. The van der Waals surface area contributed by atoms with Crippen molar-refractivity contribution in [2.24, 2.45) is 0 Å². The van der Waals surface area contributed by atoms with Crippen LogP contribution in [0.15, 0.2) is 42.5 Å². The van der Waals surface area contributed by atoms with Crippen LogP contribution in [0.5, 0.6) is 0 Å². The van der Waals surface area contributed by atoms with Gasteiger partial charge in [0.05, 0.1) is 0 Å². The third kappa shape index (κ3) is 6.47. The number of rotatable bonds is 0. The van der Waals surface area contributed by atoms with Crippen molar-refractivity contribution in [2.45, 2.75) is 38.5 Å². The Hall–Kier alpha value is -1.04. The summed E-state index contributed by atoms with van der Waals surface area (Å²) in [5.41, 5.74) is 0. The van der Waals surface area contributed by atoms with Gasteiger partial charge in [0.1, 0.15) is 0 Å². The molecule has 0 amide bonds. The van der Waals surface area contributed by atoms with E-state index in [1.165, 1.54) is 32.1 Å². The van der Waals surface area contributed by atoms with Crippen LogP contribution in [0.3, 0.4) is 0 Å². The molecule has 1 rings (SSSR count). The summed E-state index contributed by atoms with van der Waals surface area (Å²) in [5, 5.41) is 0. The zero-order chi connectivity index (χ0) is 9.90. The maximum Gasteiger partial charge on any atom is -0.0166 e. The molecule has 1 radical (unpaired) electrons. The molecular formula is C14H19. The molecular weight excluding hydrogens is 168 g/mol. The first-order chi connectivity index (χ1) is 7.00. The minimum absolute atomic E-state index is 1.03. The Morgan fingerprint density at radius 2 is 1.64 bits per heavy atom. The van der Waals surface area contributed by atoms with E-state index < -0.39 is 0 Å². The van der Waals surface area contributed by atoms with E-state index in [1.807, 2.05) is 12.2 Å². The van der Waals surface area contributed by atoms with Crippen LogP contribution >= 0.6 is 0 Å². The molecule has 0 aromatic heterocycles. The summed E-state index contributed by atoms with van der Waals surface area (Å²) in [6, 6.07) is 0. The van der Waals surface area contributed by atoms with Crippen LogP contribution in [-0.2, 0) is 0 Å². The zero-order valence-corrected chi connectivity index (χ0v) is 8.78. The maximum atomic E-state index is 3.11. The van der Waals surface area contributed by atoms with E-state index in [4.69, 9.17) is 0 Å². The molecule has 1 aliphatic carbocycles. The van der Waals surface area contributed by atoms with Gasteiger partial charge in [-0.1, -0.05) is 49.0 Å². The average Bonchev–Trinajstić information content (AvgIpc) is 2.22. The Morgan fingerprint density at radius 3 is 2.57 bits per heavy atom. The lowest BCUT2D eigenvalue weighted by molar-refractivity contribution is 0.695. The van der Waals surface area contributed by atoms with Gasteiger partial charge in [-0.2, -0.15) is 0 Å². The fourth-order valence-corrected chi connectivity index (χ4v) is 1.41. The molecule has 0 atom stereocenters. The largest absolute Gasteiger partial charge is 0.0882 e.